The van der Waals surface area contributed by atoms with Gasteiger partial charge in [-0.25, -0.2) is 4.79 Å². The van der Waals surface area contributed by atoms with E-state index < -0.39 is 18.8 Å². The minimum absolute atomic E-state index is 0.152. The summed E-state index contributed by atoms with van der Waals surface area (Å²) in [6, 6.07) is -0.695. The van der Waals surface area contributed by atoms with Crippen molar-refractivity contribution in [2.24, 2.45) is 0 Å². The molecule has 1 heterocycles. The minimum Gasteiger partial charge on any atom is -0.372 e. The van der Waals surface area contributed by atoms with Gasteiger partial charge in [-0.2, -0.15) is 13.2 Å². The van der Waals surface area contributed by atoms with E-state index in [0.29, 0.717) is 13.1 Å². The van der Waals surface area contributed by atoms with Crippen molar-refractivity contribution in [3.8, 4) is 0 Å². The first-order valence-electron chi connectivity index (χ1n) is 5.03. The first kappa shape index (κ1) is 13.1. The molecular weight excluding hydrogens is 225 g/mol. The molecule has 0 radical (unpaired) electrons. The summed E-state index contributed by atoms with van der Waals surface area (Å²) in [6.07, 6.45) is -4.68. The molecule has 1 N–H and O–H groups in total. The molecule has 0 aromatic carbocycles. The molecule has 0 aliphatic carbocycles. The molecule has 0 aromatic heterocycles. The Morgan fingerprint density at radius 2 is 1.88 bits per heavy atom. The average Bonchev–Trinajstić information content (AvgIpc) is 2.11. The van der Waals surface area contributed by atoms with Crippen LogP contribution in [0, 0.1) is 0 Å². The fraction of sp³-hybridized carbons (Fsp3) is 0.889. The van der Waals surface area contributed by atoms with Gasteiger partial charge in [-0.1, -0.05) is 0 Å². The number of urea groups is 1. The van der Waals surface area contributed by atoms with Gasteiger partial charge in [0.1, 0.15) is 6.54 Å². The van der Waals surface area contributed by atoms with Gasteiger partial charge in [0.25, 0.3) is 0 Å². The molecule has 16 heavy (non-hydrogen) atoms. The summed E-state index contributed by atoms with van der Waals surface area (Å²) in [4.78, 5) is 12.7. The monoisotopic (exact) mass is 240 g/mol. The molecule has 0 bridgehead atoms. The highest BCUT2D eigenvalue weighted by Crippen LogP contribution is 2.14. The van der Waals surface area contributed by atoms with E-state index in [1.54, 1.807) is 13.8 Å². The van der Waals surface area contributed by atoms with Crippen molar-refractivity contribution in [2.45, 2.75) is 32.2 Å². The number of carbonyl (C=O) groups excluding carboxylic acids is 1. The molecule has 7 heteroatoms. The molecule has 1 saturated heterocycles. The number of nitrogens with zero attached hydrogens (tertiary/aromatic N) is 1. The third-order valence-corrected chi connectivity index (χ3v) is 2.15. The van der Waals surface area contributed by atoms with Gasteiger partial charge in [0, 0.05) is 13.1 Å². The van der Waals surface area contributed by atoms with Crippen molar-refractivity contribution >= 4 is 6.03 Å². The van der Waals surface area contributed by atoms with Crippen LogP contribution in [-0.4, -0.2) is 48.9 Å². The molecule has 4 nitrogen and oxygen atoms in total. The van der Waals surface area contributed by atoms with Crippen LogP contribution in [0.2, 0.25) is 0 Å². The van der Waals surface area contributed by atoms with Crippen LogP contribution in [0.15, 0.2) is 0 Å². The predicted molar refractivity (Wildman–Crippen MR) is 51.0 cm³/mol. The number of rotatable bonds is 1. The second kappa shape index (κ2) is 4.90. The second-order valence-corrected chi connectivity index (χ2v) is 3.94. The Morgan fingerprint density at radius 3 is 2.31 bits per heavy atom. The average molecular weight is 240 g/mol. The summed E-state index contributed by atoms with van der Waals surface area (Å²) in [5.74, 6) is 0. The standard InChI is InChI=1S/C9H15F3N2O2/c1-6-3-14(4-7(2)16-6)8(15)13-5-9(10,11)12/h6-7H,3-5H2,1-2H3,(H,13,15). The van der Waals surface area contributed by atoms with Gasteiger partial charge in [-0.3, -0.25) is 0 Å². The number of nitrogens with one attached hydrogen (secondary N) is 1. The second-order valence-electron chi connectivity index (χ2n) is 3.94. The Balaban J connectivity index is 2.41. The van der Waals surface area contributed by atoms with Crippen LogP contribution in [0.4, 0.5) is 18.0 Å². The summed E-state index contributed by atoms with van der Waals surface area (Å²) in [5.41, 5.74) is 0. The molecule has 2 atom stereocenters. The summed E-state index contributed by atoms with van der Waals surface area (Å²) < 4.78 is 41.0. The van der Waals surface area contributed by atoms with E-state index in [4.69, 9.17) is 4.74 Å². The number of hydrogen-bond donors (Lipinski definition) is 1. The van der Waals surface area contributed by atoms with Gasteiger partial charge in [0.05, 0.1) is 12.2 Å². The zero-order valence-corrected chi connectivity index (χ0v) is 9.17. The SMILES string of the molecule is CC1CN(C(=O)NCC(F)(F)F)CC(C)O1. The molecule has 0 aromatic rings. The fourth-order valence-electron chi connectivity index (χ4n) is 1.63. The number of carbonyl (C=O) groups is 1. The lowest BCUT2D eigenvalue weighted by atomic mass is 10.2. The van der Waals surface area contributed by atoms with E-state index in [9.17, 15) is 18.0 Å². The Hall–Kier alpha value is -0.980. The fourth-order valence-corrected chi connectivity index (χ4v) is 1.63. The van der Waals surface area contributed by atoms with E-state index >= 15 is 0 Å². The number of ether oxygens (including phenoxy) is 1. The van der Waals surface area contributed by atoms with Gasteiger partial charge < -0.3 is 15.0 Å². The van der Waals surface area contributed by atoms with Crippen LogP contribution in [-0.2, 0) is 4.74 Å². The first-order chi connectivity index (χ1) is 7.28. The van der Waals surface area contributed by atoms with E-state index in [1.807, 2.05) is 5.32 Å². The third-order valence-electron chi connectivity index (χ3n) is 2.15. The normalized spacial score (nSPS) is 26.7. The largest absolute Gasteiger partial charge is 0.405 e. The molecule has 0 spiro atoms. The maximum atomic E-state index is 11.9. The van der Waals surface area contributed by atoms with Crippen LogP contribution < -0.4 is 5.32 Å². The van der Waals surface area contributed by atoms with Gasteiger partial charge in [0.2, 0.25) is 0 Å². The van der Waals surface area contributed by atoms with Crippen LogP contribution in [0.5, 0.6) is 0 Å². The van der Waals surface area contributed by atoms with Crippen molar-refractivity contribution in [1.29, 1.82) is 0 Å². The smallest absolute Gasteiger partial charge is 0.372 e. The van der Waals surface area contributed by atoms with Crippen molar-refractivity contribution in [1.82, 2.24) is 10.2 Å². The highest BCUT2D eigenvalue weighted by molar-refractivity contribution is 5.74. The topological polar surface area (TPSA) is 41.6 Å². The van der Waals surface area contributed by atoms with E-state index in [0.717, 1.165) is 0 Å². The van der Waals surface area contributed by atoms with Gasteiger partial charge in [-0.05, 0) is 13.8 Å². The Kier molecular flexibility index (Phi) is 4.01. The van der Waals surface area contributed by atoms with Crippen LogP contribution in [0.1, 0.15) is 13.8 Å². The summed E-state index contributed by atoms with van der Waals surface area (Å²) in [7, 11) is 0. The van der Waals surface area contributed by atoms with Crippen LogP contribution in [0.25, 0.3) is 0 Å². The van der Waals surface area contributed by atoms with Crippen molar-refractivity contribution in [3.05, 3.63) is 0 Å². The zero-order valence-electron chi connectivity index (χ0n) is 9.17. The van der Waals surface area contributed by atoms with Gasteiger partial charge >= 0.3 is 12.2 Å². The Bertz CT molecular complexity index is 248. The van der Waals surface area contributed by atoms with Gasteiger partial charge in [0.15, 0.2) is 0 Å². The lowest BCUT2D eigenvalue weighted by Gasteiger charge is -2.35. The Labute approximate surface area is 91.7 Å². The number of morpholine rings is 1. The van der Waals surface area contributed by atoms with Crippen molar-refractivity contribution < 1.29 is 22.7 Å². The molecule has 2 amide bonds. The molecule has 1 aliphatic rings. The molecule has 0 saturated carbocycles. The molecule has 1 aliphatic heterocycles. The zero-order chi connectivity index (χ0) is 12.3. The van der Waals surface area contributed by atoms with Crippen molar-refractivity contribution in [2.75, 3.05) is 19.6 Å². The quantitative estimate of drug-likeness (QED) is 0.752. The highest BCUT2D eigenvalue weighted by Gasteiger charge is 2.31. The van der Waals surface area contributed by atoms with Crippen molar-refractivity contribution in [3.63, 3.8) is 0 Å². The van der Waals surface area contributed by atoms with Crippen LogP contribution in [0.3, 0.4) is 0 Å². The maximum absolute atomic E-state index is 11.9. The number of alkyl halides is 3. The maximum Gasteiger partial charge on any atom is 0.405 e. The summed E-state index contributed by atoms with van der Waals surface area (Å²) >= 11 is 0. The lowest BCUT2D eigenvalue weighted by Crippen LogP contribution is -2.52. The third kappa shape index (κ3) is 4.26. The number of halogens is 3. The Morgan fingerprint density at radius 1 is 1.38 bits per heavy atom. The van der Waals surface area contributed by atoms with E-state index in [-0.39, 0.29) is 12.2 Å². The predicted octanol–water partition coefficient (Wildman–Crippen LogP) is 1.37. The van der Waals surface area contributed by atoms with E-state index in [1.165, 1.54) is 4.90 Å². The summed E-state index contributed by atoms with van der Waals surface area (Å²) in [5, 5.41) is 1.84. The summed E-state index contributed by atoms with van der Waals surface area (Å²) in [6.45, 7) is 2.88. The molecule has 1 rings (SSSR count). The first-order valence-corrected chi connectivity index (χ1v) is 5.03. The molecule has 94 valence electrons. The molecular formula is C9H15F3N2O2. The van der Waals surface area contributed by atoms with Gasteiger partial charge in [-0.15, -0.1) is 0 Å². The molecule has 1 fully saturated rings. The lowest BCUT2D eigenvalue weighted by molar-refractivity contribution is -0.123. The van der Waals surface area contributed by atoms with Crippen LogP contribution >= 0.6 is 0 Å². The number of amides is 2. The molecule has 2 unspecified atom stereocenters. The number of hydrogen-bond acceptors (Lipinski definition) is 2. The highest BCUT2D eigenvalue weighted by atomic mass is 19.4. The van der Waals surface area contributed by atoms with E-state index in [2.05, 4.69) is 0 Å². The minimum atomic E-state index is -4.38.